The molecule has 182 valence electrons. The number of aliphatic hydroxyl groups is 1. The van der Waals surface area contributed by atoms with E-state index in [1.165, 1.54) is 0 Å². The third-order valence-electron chi connectivity index (χ3n) is 8.12. The number of nitrogens with zero attached hydrogens (tertiary/aromatic N) is 2. The zero-order valence-corrected chi connectivity index (χ0v) is 21.6. The monoisotopic (exact) mass is 542 g/mol. The maximum atomic E-state index is 14.4. The van der Waals surface area contributed by atoms with E-state index >= 15 is 0 Å². The summed E-state index contributed by atoms with van der Waals surface area (Å²) >= 11 is 3.63. The molecule has 0 unspecified atom stereocenters. The Morgan fingerprint density at radius 3 is 2.42 bits per heavy atom. The second kappa shape index (κ2) is 8.63. The van der Waals surface area contributed by atoms with Gasteiger partial charge in [-0.05, 0) is 54.7 Å². The minimum atomic E-state index is -0.814. The first-order valence-corrected chi connectivity index (χ1v) is 13.1. The van der Waals surface area contributed by atoms with Gasteiger partial charge in [-0.15, -0.1) is 0 Å². The molecule has 2 amide bonds. The number of hydrogen-bond donors (Lipinski definition) is 1. The van der Waals surface area contributed by atoms with E-state index in [-0.39, 0.29) is 29.5 Å². The van der Waals surface area contributed by atoms with Crippen LogP contribution < -0.4 is 4.90 Å². The van der Waals surface area contributed by atoms with Crippen molar-refractivity contribution in [2.24, 2.45) is 0 Å². The van der Waals surface area contributed by atoms with Crippen LogP contribution in [0.5, 0.6) is 0 Å². The molecule has 2 saturated heterocycles. The molecular formula is C30H27BrN2O3. The van der Waals surface area contributed by atoms with Gasteiger partial charge in [0.05, 0.1) is 29.3 Å². The van der Waals surface area contributed by atoms with Crippen LogP contribution in [-0.4, -0.2) is 34.4 Å². The van der Waals surface area contributed by atoms with Crippen molar-refractivity contribution in [3.05, 3.63) is 111 Å². The van der Waals surface area contributed by atoms with E-state index in [0.29, 0.717) is 31.5 Å². The van der Waals surface area contributed by atoms with Gasteiger partial charge in [0.15, 0.2) is 0 Å². The number of anilines is 1. The standard InChI is InChI=1S/C30H27BrN2O3/c1-19(34)27-23(21-10-6-3-7-11-21)17-26-30(14-15-32(26)28(27)35)24-16-22(31)12-13-25(24)33(29(30)36)18-20-8-4-2-5-9-20/h2-13,16,23,26,34H,14-15,17-18H2,1H3/b27-19-/t23-,26-,30+/m0/s1. The van der Waals surface area contributed by atoms with Crippen molar-refractivity contribution in [1.29, 1.82) is 0 Å². The van der Waals surface area contributed by atoms with E-state index in [2.05, 4.69) is 22.0 Å². The lowest BCUT2D eigenvalue weighted by molar-refractivity contribution is -0.132. The average molecular weight is 543 g/mol. The van der Waals surface area contributed by atoms with Crippen molar-refractivity contribution in [3.8, 4) is 0 Å². The Balaban J connectivity index is 1.48. The molecule has 0 aromatic heterocycles. The fourth-order valence-electron chi connectivity index (χ4n) is 6.55. The Morgan fingerprint density at radius 2 is 1.72 bits per heavy atom. The molecule has 0 aliphatic carbocycles. The SMILES string of the molecule is C/C(O)=C1/C(=O)N2CC[C@]3(C(=O)N(Cc4ccccc4)c4ccc(Br)cc43)[C@@H]2C[C@H]1c1ccccc1. The summed E-state index contributed by atoms with van der Waals surface area (Å²) in [6.07, 6.45) is 1.15. The Morgan fingerprint density at radius 1 is 1.03 bits per heavy atom. The Kier molecular flexibility index (Phi) is 5.52. The lowest BCUT2D eigenvalue weighted by atomic mass is 9.69. The highest BCUT2D eigenvalue weighted by atomic mass is 79.9. The van der Waals surface area contributed by atoms with Gasteiger partial charge >= 0.3 is 0 Å². The third kappa shape index (κ3) is 3.34. The molecule has 36 heavy (non-hydrogen) atoms. The zero-order valence-electron chi connectivity index (χ0n) is 20.0. The summed E-state index contributed by atoms with van der Waals surface area (Å²) in [4.78, 5) is 32.0. The number of carbonyl (C=O) groups excluding carboxylic acids is 2. The molecule has 6 rings (SSSR count). The predicted octanol–water partition coefficient (Wildman–Crippen LogP) is 5.85. The molecule has 3 atom stereocenters. The summed E-state index contributed by atoms with van der Waals surface area (Å²) in [5, 5.41) is 10.6. The number of halogens is 1. The van der Waals surface area contributed by atoms with Crippen LogP contribution in [0.1, 0.15) is 42.4 Å². The van der Waals surface area contributed by atoms with Gasteiger partial charge in [0, 0.05) is 22.6 Å². The van der Waals surface area contributed by atoms with Crippen LogP contribution in [0.3, 0.4) is 0 Å². The molecule has 1 spiro atoms. The normalized spacial score (nSPS) is 26.4. The zero-order chi connectivity index (χ0) is 25.0. The maximum Gasteiger partial charge on any atom is 0.254 e. The minimum Gasteiger partial charge on any atom is -0.512 e. The van der Waals surface area contributed by atoms with E-state index in [1.807, 2.05) is 82.6 Å². The molecule has 5 nitrogen and oxygen atoms in total. The van der Waals surface area contributed by atoms with Crippen molar-refractivity contribution < 1.29 is 14.7 Å². The molecule has 3 aliphatic heterocycles. The maximum absolute atomic E-state index is 14.4. The van der Waals surface area contributed by atoms with E-state index < -0.39 is 5.41 Å². The first kappa shape index (κ1) is 23.0. The van der Waals surface area contributed by atoms with Crippen LogP contribution in [0.25, 0.3) is 0 Å². The third-order valence-corrected chi connectivity index (χ3v) is 8.62. The number of rotatable bonds is 3. The smallest absolute Gasteiger partial charge is 0.254 e. The fraction of sp³-hybridized carbons (Fsp3) is 0.267. The Labute approximate surface area is 219 Å². The van der Waals surface area contributed by atoms with Crippen molar-refractivity contribution in [2.45, 2.75) is 43.7 Å². The average Bonchev–Trinajstić information content (AvgIpc) is 3.38. The molecule has 3 aliphatic rings. The molecule has 6 heteroatoms. The number of amides is 2. The number of benzene rings is 3. The lowest BCUT2D eigenvalue weighted by Gasteiger charge is -2.42. The van der Waals surface area contributed by atoms with Crippen LogP contribution in [0.15, 0.2) is 94.7 Å². The quantitative estimate of drug-likeness (QED) is 0.333. The predicted molar refractivity (Wildman–Crippen MR) is 143 cm³/mol. The van der Waals surface area contributed by atoms with Gasteiger partial charge in [0.25, 0.3) is 5.91 Å². The largest absolute Gasteiger partial charge is 0.512 e. The highest BCUT2D eigenvalue weighted by Gasteiger charge is 2.63. The van der Waals surface area contributed by atoms with E-state index in [9.17, 15) is 14.7 Å². The van der Waals surface area contributed by atoms with E-state index in [1.54, 1.807) is 6.92 Å². The second-order valence-electron chi connectivity index (χ2n) is 9.97. The highest BCUT2D eigenvalue weighted by molar-refractivity contribution is 9.10. The first-order valence-electron chi connectivity index (χ1n) is 12.3. The van der Waals surface area contributed by atoms with Crippen LogP contribution in [0, 0.1) is 0 Å². The van der Waals surface area contributed by atoms with Crippen LogP contribution in [-0.2, 0) is 21.5 Å². The fourth-order valence-corrected chi connectivity index (χ4v) is 6.91. The van der Waals surface area contributed by atoms with Gasteiger partial charge in [-0.2, -0.15) is 0 Å². The topological polar surface area (TPSA) is 60.9 Å². The number of piperidine rings is 1. The summed E-state index contributed by atoms with van der Waals surface area (Å²) < 4.78 is 0.918. The van der Waals surface area contributed by atoms with Gasteiger partial charge in [-0.25, -0.2) is 0 Å². The molecule has 3 aromatic rings. The first-order chi connectivity index (χ1) is 17.4. The Hall–Kier alpha value is -3.38. The van der Waals surface area contributed by atoms with Crippen molar-refractivity contribution in [3.63, 3.8) is 0 Å². The summed E-state index contributed by atoms with van der Waals surface area (Å²) in [7, 11) is 0. The summed E-state index contributed by atoms with van der Waals surface area (Å²) in [5.41, 5.74) is 3.57. The van der Waals surface area contributed by atoms with Crippen molar-refractivity contribution in [1.82, 2.24) is 4.90 Å². The minimum absolute atomic E-state index is 0.0553. The van der Waals surface area contributed by atoms with E-state index in [0.717, 1.165) is 26.9 Å². The molecule has 3 aromatic carbocycles. The molecule has 0 bridgehead atoms. The van der Waals surface area contributed by atoms with Gasteiger partial charge in [0.2, 0.25) is 5.91 Å². The van der Waals surface area contributed by atoms with E-state index in [4.69, 9.17) is 0 Å². The number of carbonyl (C=O) groups is 2. The van der Waals surface area contributed by atoms with Crippen LogP contribution >= 0.6 is 15.9 Å². The van der Waals surface area contributed by atoms with Gasteiger partial charge in [0.1, 0.15) is 0 Å². The highest BCUT2D eigenvalue weighted by Crippen LogP contribution is 2.56. The number of hydrogen-bond acceptors (Lipinski definition) is 3. The van der Waals surface area contributed by atoms with Crippen LogP contribution in [0.4, 0.5) is 5.69 Å². The molecule has 3 heterocycles. The van der Waals surface area contributed by atoms with Gasteiger partial charge < -0.3 is 14.9 Å². The lowest BCUT2D eigenvalue weighted by Crippen LogP contribution is -2.54. The summed E-state index contributed by atoms with van der Waals surface area (Å²) in [6, 6.07) is 25.6. The molecule has 0 radical (unpaired) electrons. The second-order valence-corrected chi connectivity index (χ2v) is 10.9. The molecule has 2 fully saturated rings. The summed E-state index contributed by atoms with van der Waals surface area (Å²) in [6.45, 7) is 2.56. The Bertz CT molecular complexity index is 1380. The number of fused-ring (bicyclic) bond motifs is 4. The van der Waals surface area contributed by atoms with Gasteiger partial charge in [-0.1, -0.05) is 76.6 Å². The molecule has 1 N–H and O–H groups in total. The number of aliphatic hydroxyl groups excluding tert-OH is 1. The number of allylic oxidation sites excluding steroid dienone is 1. The van der Waals surface area contributed by atoms with Crippen LogP contribution in [0.2, 0.25) is 0 Å². The molecular weight excluding hydrogens is 516 g/mol. The van der Waals surface area contributed by atoms with Crippen molar-refractivity contribution >= 4 is 33.4 Å². The van der Waals surface area contributed by atoms with Crippen molar-refractivity contribution in [2.75, 3.05) is 11.4 Å². The molecule has 0 saturated carbocycles. The summed E-state index contributed by atoms with van der Waals surface area (Å²) in [5.74, 6) is -0.325. The van der Waals surface area contributed by atoms with Gasteiger partial charge in [-0.3, -0.25) is 9.59 Å².